The second-order valence-corrected chi connectivity index (χ2v) is 7.20. The highest BCUT2D eigenvalue weighted by atomic mass is 35.5. The fraction of sp³-hybridized carbons (Fsp3) is 0.174. The number of hydrogen-bond acceptors (Lipinski definition) is 3. The number of rotatable bonds is 7. The van der Waals surface area contributed by atoms with E-state index in [0.29, 0.717) is 46.0 Å². The van der Waals surface area contributed by atoms with E-state index >= 15 is 0 Å². The van der Waals surface area contributed by atoms with Crippen LogP contribution in [0.2, 0.25) is 5.02 Å². The Morgan fingerprint density at radius 2 is 1.57 bits per heavy atom. The summed E-state index contributed by atoms with van der Waals surface area (Å²) in [5, 5.41) is 3.54. The van der Waals surface area contributed by atoms with Gasteiger partial charge in [0, 0.05) is 16.3 Å². The van der Waals surface area contributed by atoms with Crippen LogP contribution in [0.1, 0.15) is 24.2 Å². The highest BCUT2D eigenvalue weighted by molar-refractivity contribution is 6.30. The van der Waals surface area contributed by atoms with Crippen molar-refractivity contribution in [2.24, 2.45) is 5.92 Å². The predicted octanol–water partition coefficient (Wildman–Crippen LogP) is 6.42. The first kappa shape index (κ1) is 19.8. The van der Waals surface area contributed by atoms with Gasteiger partial charge in [0.15, 0.2) is 0 Å². The lowest BCUT2D eigenvalue weighted by Crippen LogP contribution is -2.12. The molecule has 0 aromatic heterocycles. The number of halogens is 1. The van der Waals surface area contributed by atoms with Gasteiger partial charge in [0.1, 0.15) is 17.2 Å². The molecule has 5 heteroatoms. The molecule has 28 heavy (non-hydrogen) atoms. The second kappa shape index (κ2) is 9.29. The molecule has 0 spiro atoms. The Hall–Kier alpha value is -2.98. The van der Waals surface area contributed by atoms with Gasteiger partial charge in [-0.25, -0.2) is 0 Å². The van der Waals surface area contributed by atoms with Gasteiger partial charge >= 0.3 is 0 Å². The fourth-order valence-corrected chi connectivity index (χ4v) is 2.56. The molecule has 1 N–H and O–H groups in total. The number of nitrogens with one attached hydrogen (secondary N) is 1. The average Bonchev–Trinajstić information content (AvgIpc) is 2.70. The van der Waals surface area contributed by atoms with E-state index in [2.05, 4.69) is 19.2 Å². The lowest BCUT2D eigenvalue weighted by molar-refractivity contribution is 0.102. The van der Waals surface area contributed by atoms with Crippen molar-refractivity contribution in [1.82, 2.24) is 0 Å². The van der Waals surface area contributed by atoms with Crippen molar-refractivity contribution in [2.75, 3.05) is 11.9 Å². The monoisotopic (exact) mass is 395 g/mol. The number of carbonyl (C=O) groups excluding carboxylic acids is 1. The number of benzene rings is 3. The minimum atomic E-state index is -0.193. The molecule has 4 nitrogen and oxygen atoms in total. The molecule has 0 aliphatic heterocycles. The van der Waals surface area contributed by atoms with E-state index in [-0.39, 0.29) is 5.91 Å². The Balaban J connectivity index is 1.61. The molecule has 0 heterocycles. The smallest absolute Gasteiger partial charge is 0.255 e. The summed E-state index contributed by atoms with van der Waals surface area (Å²) in [5.41, 5.74) is 1.23. The Morgan fingerprint density at radius 1 is 0.929 bits per heavy atom. The summed E-state index contributed by atoms with van der Waals surface area (Å²) in [6.07, 6.45) is 0. The van der Waals surface area contributed by atoms with Gasteiger partial charge in [-0.1, -0.05) is 31.5 Å². The van der Waals surface area contributed by atoms with E-state index in [1.165, 1.54) is 0 Å². The van der Waals surface area contributed by atoms with Gasteiger partial charge in [-0.05, 0) is 72.6 Å². The SMILES string of the molecule is CC(C)COc1cccc(C(=O)Nc2ccc(Oc3ccc(Cl)cc3)cc2)c1. The summed E-state index contributed by atoms with van der Waals surface area (Å²) in [5.74, 6) is 2.28. The number of hydrogen-bond donors (Lipinski definition) is 1. The summed E-state index contributed by atoms with van der Waals surface area (Å²) in [6.45, 7) is 4.77. The maximum absolute atomic E-state index is 12.5. The summed E-state index contributed by atoms with van der Waals surface area (Å²) < 4.78 is 11.4. The van der Waals surface area contributed by atoms with E-state index in [1.54, 1.807) is 60.7 Å². The number of carbonyl (C=O) groups is 1. The van der Waals surface area contributed by atoms with Crippen molar-refractivity contribution < 1.29 is 14.3 Å². The zero-order valence-corrected chi connectivity index (χ0v) is 16.6. The first-order valence-electron chi connectivity index (χ1n) is 9.07. The molecule has 0 fully saturated rings. The normalized spacial score (nSPS) is 10.6. The number of amides is 1. The number of anilines is 1. The third-order valence-corrected chi connectivity index (χ3v) is 4.09. The lowest BCUT2D eigenvalue weighted by atomic mass is 10.2. The van der Waals surface area contributed by atoms with E-state index < -0.39 is 0 Å². The Kier molecular flexibility index (Phi) is 6.56. The molecule has 1 amide bonds. The molecule has 0 saturated heterocycles. The Morgan fingerprint density at radius 3 is 2.21 bits per heavy atom. The topological polar surface area (TPSA) is 47.6 Å². The van der Waals surface area contributed by atoms with Crippen LogP contribution in [0.25, 0.3) is 0 Å². The third kappa shape index (κ3) is 5.76. The first-order chi connectivity index (χ1) is 13.5. The van der Waals surface area contributed by atoms with Gasteiger partial charge in [-0.2, -0.15) is 0 Å². The molecule has 3 aromatic rings. The average molecular weight is 396 g/mol. The quantitative estimate of drug-likeness (QED) is 0.502. The summed E-state index contributed by atoms with van der Waals surface area (Å²) >= 11 is 5.87. The highest BCUT2D eigenvalue weighted by Gasteiger charge is 2.08. The standard InChI is InChI=1S/C23H22ClNO3/c1-16(2)15-27-22-5-3-4-17(14-22)23(26)25-19-8-12-21(13-9-19)28-20-10-6-18(24)7-11-20/h3-14,16H,15H2,1-2H3,(H,25,26). The molecular weight excluding hydrogens is 374 g/mol. The molecule has 144 valence electrons. The van der Waals surface area contributed by atoms with Crippen LogP contribution >= 0.6 is 11.6 Å². The molecule has 0 aliphatic rings. The second-order valence-electron chi connectivity index (χ2n) is 6.77. The van der Waals surface area contributed by atoms with Gasteiger partial charge in [0.25, 0.3) is 5.91 Å². The van der Waals surface area contributed by atoms with E-state index in [1.807, 2.05) is 12.1 Å². The molecule has 3 aromatic carbocycles. The van der Waals surface area contributed by atoms with Crippen molar-refractivity contribution in [1.29, 1.82) is 0 Å². The van der Waals surface area contributed by atoms with Crippen LogP contribution in [0.5, 0.6) is 17.2 Å². The highest BCUT2D eigenvalue weighted by Crippen LogP contribution is 2.24. The maximum atomic E-state index is 12.5. The number of ether oxygens (including phenoxy) is 2. The summed E-state index contributed by atoms with van der Waals surface area (Å²) in [7, 11) is 0. The van der Waals surface area contributed by atoms with Crippen LogP contribution in [-0.2, 0) is 0 Å². The molecule has 0 atom stereocenters. The van der Waals surface area contributed by atoms with Gasteiger partial charge in [0.05, 0.1) is 6.61 Å². The summed E-state index contributed by atoms with van der Waals surface area (Å²) in [6, 6.07) is 21.5. The zero-order valence-electron chi connectivity index (χ0n) is 15.8. The first-order valence-corrected chi connectivity index (χ1v) is 9.45. The van der Waals surface area contributed by atoms with Crippen LogP contribution in [-0.4, -0.2) is 12.5 Å². The van der Waals surface area contributed by atoms with Crippen LogP contribution < -0.4 is 14.8 Å². The van der Waals surface area contributed by atoms with Gasteiger partial charge in [-0.3, -0.25) is 4.79 Å². The molecule has 0 radical (unpaired) electrons. The van der Waals surface area contributed by atoms with E-state index in [9.17, 15) is 4.79 Å². The van der Waals surface area contributed by atoms with Crippen molar-refractivity contribution in [2.45, 2.75) is 13.8 Å². The minimum absolute atomic E-state index is 0.193. The van der Waals surface area contributed by atoms with Crippen molar-refractivity contribution >= 4 is 23.2 Å². The van der Waals surface area contributed by atoms with Gasteiger partial charge < -0.3 is 14.8 Å². The predicted molar refractivity (Wildman–Crippen MR) is 113 cm³/mol. The van der Waals surface area contributed by atoms with Crippen molar-refractivity contribution in [3.63, 3.8) is 0 Å². The van der Waals surface area contributed by atoms with Gasteiger partial charge in [-0.15, -0.1) is 0 Å². The lowest BCUT2D eigenvalue weighted by Gasteiger charge is -2.11. The molecule has 0 saturated carbocycles. The van der Waals surface area contributed by atoms with Crippen LogP contribution in [0.15, 0.2) is 72.8 Å². The third-order valence-electron chi connectivity index (χ3n) is 3.84. The molecule has 0 unspecified atom stereocenters. The van der Waals surface area contributed by atoms with E-state index in [0.717, 1.165) is 0 Å². The van der Waals surface area contributed by atoms with Gasteiger partial charge in [0.2, 0.25) is 0 Å². The van der Waals surface area contributed by atoms with Crippen LogP contribution in [0.3, 0.4) is 0 Å². The summed E-state index contributed by atoms with van der Waals surface area (Å²) in [4.78, 5) is 12.5. The Bertz CT molecular complexity index is 921. The molecule has 0 aliphatic carbocycles. The zero-order chi connectivity index (χ0) is 19.9. The largest absolute Gasteiger partial charge is 0.493 e. The van der Waals surface area contributed by atoms with Crippen molar-refractivity contribution in [3.05, 3.63) is 83.4 Å². The van der Waals surface area contributed by atoms with Crippen LogP contribution in [0.4, 0.5) is 5.69 Å². The Labute approximate surface area is 170 Å². The van der Waals surface area contributed by atoms with Crippen LogP contribution in [0, 0.1) is 5.92 Å². The molecule has 3 rings (SSSR count). The van der Waals surface area contributed by atoms with E-state index in [4.69, 9.17) is 21.1 Å². The molecular formula is C23H22ClNO3. The molecule has 0 bridgehead atoms. The fourth-order valence-electron chi connectivity index (χ4n) is 2.44. The van der Waals surface area contributed by atoms with Crippen molar-refractivity contribution in [3.8, 4) is 17.2 Å². The minimum Gasteiger partial charge on any atom is -0.493 e. The maximum Gasteiger partial charge on any atom is 0.255 e.